The highest BCUT2D eigenvalue weighted by Crippen LogP contribution is 2.32. The average molecular weight is 473 g/mol. The third-order valence-electron chi connectivity index (χ3n) is 5.89. The van der Waals surface area contributed by atoms with Gasteiger partial charge in [-0.05, 0) is 38.1 Å². The van der Waals surface area contributed by atoms with Crippen LogP contribution in [-0.4, -0.2) is 50.5 Å². The van der Waals surface area contributed by atoms with Crippen molar-refractivity contribution in [2.45, 2.75) is 38.7 Å². The number of carbonyl (C=O) groups is 2. The topological polar surface area (TPSA) is 105 Å². The van der Waals surface area contributed by atoms with Gasteiger partial charge in [-0.15, -0.1) is 5.10 Å². The Hall–Kier alpha value is -4.11. The van der Waals surface area contributed by atoms with Gasteiger partial charge < -0.3 is 14.2 Å². The van der Waals surface area contributed by atoms with Crippen LogP contribution in [0.25, 0.3) is 11.0 Å². The minimum absolute atomic E-state index is 0.0738. The monoisotopic (exact) mass is 472 g/mol. The molecule has 1 aliphatic heterocycles. The first-order chi connectivity index (χ1) is 17.0. The van der Waals surface area contributed by atoms with Gasteiger partial charge in [0.05, 0.1) is 16.5 Å². The highest BCUT2D eigenvalue weighted by molar-refractivity contribution is 5.90. The Morgan fingerprint density at radius 3 is 2.31 bits per heavy atom. The van der Waals surface area contributed by atoms with Gasteiger partial charge in [0.15, 0.2) is 11.9 Å². The maximum Gasteiger partial charge on any atom is 0.338 e. The second kappa shape index (κ2) is 9.63. The van der Waals surface area contributed by atoms with E-state index in [0.717, 1.165) is 16.5 Å². The van der Waals surface area contributed by atoms with E-state index < -0.39 is 30.4 Å². The van der Waals surface area contributed by atoms with E-state index >= 15 is 0 Å². The largest absolute Gasteiger partial charge is 0.459 e. The fourth-order valence-corrected chi connectivity index (χ4v) is 3.90. The van der Waals surface area contributed by atoms with Crippen LogP contribution in [0.4, 0.5) is 0 Å². The van der Waals surface area contributed by atoms with Crippen molar-refractivity contribution in [2.75, 3.05) is 6.61 Å². The smallest absolute Gasteiger partial charge is 0.338 e. The summed E-state index contributed by atoms with van der Waals surface area (Å²) >= 11 is 0. The quantitative estimate of drug-likeness (QED) is 0.390. The molecule has 2 aromatic heterocycles. The molecule has 0 amide bonds. The molecule has 4 aromatic rings. The predicted octanol–water partition coefficient (Wildman–Crippen LogP) is 3.81. The van der Waals surface area contributed by atoms with Crippen LogP contribution in [0, 0.1) is 13.8 Å². The third-order valence-corrected chi connectivity index (χ3v) is 5.89. The molecule has 0 saturated carbocycles. The molecule has 5 rings (SSSR count). The standard InChI is InChI=1S/C26H24N4O5/c1-16-3-7-18(8-4-16)25(31)33-14-22-21(35-26(32)19-9-5-17(2)6-10-19)11-23(34-22)30-13-20-12-27-15-28-24(20)29-30/h3-10,12-13,15,21-23H,11,14H2,1-2H3/t21-,22+,23+/m0/s1. The van der Waals surface area contributed by atoms with Gasteiger partial charge in [0.1, 0.15) is 25.1 Å². The molecule has 1 aliphatic rings. The van der Waals surface area contributed by atoms with Gasteiger partial charge in [-0.1, -0.05) is 35.4 Å². The normalized spacial score (nSPS) is 19.5. The molecule has 0 radical (unpaired) electrons. The zero-order valence-electron chi connectivity index (χ0n) is 19.3. The average Bonchev–Trinajstić information content (AvgIpc) is 3.47. The van der Waals surface area contributed by atoms with E-state index in [9.17, 15) is 9.59 Å². The van der Waals surface area contributed by atoms with E-state index in [4.69, 9.17) is 14.2 Å². The van der Waals surface area contributed by atoms with E-state index in [2.05, 4.69) is 15.1 Å². The number of aromatic nitrogens is 4. The van der Waals surface area contributed by atoms with Gasteiger partial charge in [-0.2, -0.15) is 0 Å². The summed E-state index contributed by atoms with van der Waals surface area (Å²) in [6.07, 6.45) is 3.37. The zero-order chi connectivity index (χ0) is 24.4. The molecule has 0 unspecified atom stereocenters. The fraction of sp³-hybridized carbons (Fsp3) is 0.269. The molecular formula is C26H24N4O5. The lowest BCUT2D eigenvalue weighted by Gasteiger charge is -2.19. The molecule has 9 nitrogen and oxygen atoms in total. The summed E-state index contributed by atoms with van der Waals surface area (Å²) in [6, 6.07) is 14.2. The van der Waals surface area contributed by atoms with Crippen LogP contribution in [0.5, 0.6) is 0 Å². The van der Waals surface area contributed by atoms with Gasteiger partial charge in [0.25, 0.3) is 0 Å². The summed E-state index contributed by atoms with van der Waals surface area (Å²) in [5, 5.41) is 5.22. The number of benzene rings is 2. The van der Waals surface area contributed by atoms with Gasteiger partial charge in [0, 0.05) is 18.8 Å². The number of rotatable bonds is 6. The number of fused-ring (bicyclic) bond motifs is 1. The highest BCUT2D eigenvalue weighted by atomic mass is 16.6. The summed E-state index contributed by atoms with van der Waals surface area (Å²) in [4.78, 5) is 33.5. The van der Waals surface area contributed by atoms with Gasteiger partial charge in [-0.3, -0.25) is 0 Å². The molecule has 3 atom stereocenters. The Morgan fingerprint density at radius 2 is 1.66 bits per heavy atom. The molecule has 0 bridgehead atoms. The van der Waals surface area contributed by atoms with Crippen LogP contribution in [0.1, 0.15) is 44.5 Å². The second-order valence-corrected chi connectivity index (χ2v) is 8.55. The summed E-state index contributed by atoms with van der Waals surface area (Å²) in [6.45, 7) is 3.82. The molecule has 3 heterocycles. The molecule has 1 saturated heterocycles. The summed E-state index contributed by atoms with van der Waals surface area (Å²) in [5.74, 6) is -0.939. The number of hydrogen-bond acceptors (Lipinski definition) is 8. The van der Waals surface area contributed by atoms with E-state index in [1.54, 1.807) is 41.3 Å². The maximum absolute atomic E-state index is 12.8. The van der Waals surface area contributed by atoms with Gasteiger partial charge in [0.2, 0.25) is 0 Å². The van der Waals surface area contributed by atoms with Crippen LogP contribution in [0.3, 0.4) is 0 Å². The Bertz CT molecular complexity index is 1320. The number of ether oxygens (including phenoxy) is 3. The number of hydrogen-bond donors (Lipinski definition) is 0. The Labute approximate surface area is 201 Å². The zero-order valence-corrected chi connectivity index (χ0v) is 19.3. The van der Waals surface area contributed by atoms with Crippen molar-refractivity contribution in [3.63, 3.8) is 0 Å². The predicted molar refractivity (Wildman–Crippen MR) is 126 cm³/mol. The first-order valence-electron chi connectivity index (χ1n) is 11.3. The summed E-state index contributed by atoms with van der Waals surface area (Å²) in [7, 11) is 0. The van der Waals surface area contributed by atoms with Crippen LogP contribution in [0.15, 0.2) is 67.3 Å². The van der Waals surface area contributed by atoms with Crippen molar-refractivity contribution in [3.05, 3.63) is 89.5 Å². The van der Waals surface area contributed by atoms with E-state index in [0.29, 0.717) is 23.2 Å². The molecule has 178 valence electrons. The van der Waals surface area contributed by atoms with Crippen molar-refractivity contribution in [3.8, 4) is 0 Å². The lowest BCUT2D eigenvalue weighted by molar-refractivity contribution is -0.0598. The second-order valence-electron chi connectivity index (χ2n) is 8.55. The number of aryl methyl sites for hydroxylation is 2. The molecule has 0 spiro atoms. The lowest BCUT2D eigenvalue weighted by atomic mass is 10.1. The van der Waals surface area contributed by atoms with E-state index in [1.165, 1.54) is 6.33 Å². The van der Waals surface area contributed by atoms with Crippen molar-refractivity contribution in [1.82, 2.24) is 19.7 Å². The Balaban J connectivity index is 1.33. The van der Waals surface area contributed by atoms with Crippen LogP contribution < -0.4 is 0 Å². The maximum atomic E-state index is 12.8. The SMILES string of the molecule is Cc1ccc(C(=O)OC[C@H]2O[C@@H](n3cc4cncnc4n3)C[C@@H]2OC(=O)c2ccc(C)cc2)cc1. The number of nitrogens with zero attached hydrogens (tertiary/aromatic N) is 4. The van der Waals surface area contributed by atoms with Crippen LogP contribution in [-0.2, 0) is 14.2 Å². The molecule has 0 N–H and O–H groups in total. The highest BCUT2D eigenvalue weighted by Gasteiger charge is 2.40. The minimum atomic E-state index is -0.665. The molecule has 1 fully saturated rings. The summed E-state index contributed by atoms with van der Waals surface area (Å²) in [5.41, 5.74) is 3.50. The van der Waals surface area contributed by atoms with Crippen molar-refractivity contribution < 1.29 is 23.8 Å². The van der Waals surface area contributed by atoms with Crippen LogP contribution >= 0.6 is 0 Å². The van der Waals surface area contributed by atoms with Crippen molar-refractivity contribution in [2.24, 2.45) is 0 Å². The number of esters is 2. The minimum Gasteiger partial charge on any atom is -0.459 e. The fourth-order valence-electron chi connectivity index (χ4n) is 3.90. The summed E-state index contributed by atoms with van der Waals surface area (Å²) < 4.78 is 19.1. The van der Waals surface area contributed by atoms with Gasteiger partial charge in [-0.25, -0.2) is 24.2 Å². The molecule has 2 aromatic carbocycles. The van der Waals surface area contributed by atoms with E-state index in [1.807, 2.05) is 38.1 Å². The Kier molecular flexibility index (Phi) is 6.24. The third kappa shape index (κ3) is 5.04. The van der Waals surface area contributed by atoms with Crippen molar-refractivity contribution in [1.29, 1.82) is 0 Å². The van der Waals surface area contributed by atoms with Crippen LogP contribution in [0.2, 0.25) is 0 Å². The number of carbonyl (C=O) groups excluding carboxylic acids is 2. The van der Waals surface area contributed by atoms with Gasteiger partial charge >= 0.3 is 11.9 Å². The molecule has 35 heavy (non-hydrogen) atoms. The first kappa shape index (κ1) is 22.7. The Morgan fingerprint density at radius 1 is 1.00 bits per heavy atom. The molecule has 9 heteroatoms. The molecular weight excluding hydrogens is 448 g/mol. The lowest BCUT2D eigenvalue weighted by Crippen LogP contribution is -2.32. The first-order valence-corrected chi connectivity index (χ1v) is 11.3. The van der Waals surface area contributed by atoms with E-state index in [-0.39, 0.29) is 6.61 Å². The van der Waals surface area contributed by atoms with Crippen molar-refractivity contribution >= 4 is 23.0 Å². The molecule has 0 aliphatic carbocycles.